The van der Waals surface area contributed by atoms with Crippen LogP contribution in [0.4, 0.5) is 0 Å². The van der Waals surface area contributed by atoms with Crippen LogP contribution in [-0.2, 0) is 0 Å². The van der Waals surface area contributed by atoms with Crippen molar-refractivity contribution < 1.29 is 0 Å². The number of halogens is 2. The van der Waals surface area contributed by atoms with E-state index in [1.165, 1.54) is 37.9 Å². The molecule has 2 heterocycles. The number of likely N-dealkylation sites (tertiary alicyclic amines) is 1. The van der Waals surface area contributed by atoms with Crippen molar-refractivity contribution in [2.75, 3.05) is 26.7 Å². The van der Waals surface area contributed by atoms with Crippen LogP contribution < -0.4 is 5.32 Å². The lowest BCUT2D eigenvalue weighted by atomic mass is 9.92. The summed E-state index contributed by atoms with van der Waals surface area (Å²) in [6, 6.07) is 4.72. The SMILES string of the molecule is CNCCC1CCN(C(C)c2cccnc2)CC1.Cl.Cl. The molecule has 5 heteroatoms. The average Bonchev–Trinajstić information content (AvgIpc) is 2.46. The van der Waals surface area contributed by atoms with Gasteiger partial charge in [-0.25, -0.2) is 0 Å². The molecule has 0 bridgehead atoms. The lowest BCUT2D eigenvalue weighted by Crippen LogP contribution is -2.36. The van der Waals surface area contributed by atoms with Gasteiger partial charge in [0.15, 0.2) is 0 Å². The molecule has 0 amide bonds. The topological polar surface area (TPSA) is 28.2 Å². The minimum Gasteiger partial charge on any atom is -0.320 e. The summed E-state index contributed by atoms with van der Waals surface area (Å²) in [5.74, 6) is 0.912. The van der Waals surface area contributed by atoms with Gasteiger partial charge in [0.25, 0.3) is 0 Å². The zero-order valence-corrected chi connectivity index (χ0v) is 14.1. The number of hydrogen-bond donors (Lipinski definition) is 1. The van der Waals surface area contributed by atoms with Crippen molar-refractivity contribution in [2.45, 2.75) is 32.2 Å². The molecule has 0 aromatic carbocycles. The van der Waals surface area contributed by atoms with E-state index in [-0.39, 0.29) is 24.8 Å². The van der Waals surface area contributed by atoms with Gasteiger partial charge in [0.05, 0.1) is 0 Å². The lowest BCUT2D eigenvalue weighted by molar-refractivity contribution is 0.137. The Kier molecular flexibility index (Phi) is 10.2. The molecule has 1 aliphatic heterocycles. The molecule has 3 nitrogen and oxygen atoms in total. The number of nitrogens with one attached hydrogen (secondary N) is 1. The number of aromatic nitrogens is 1. The zero-order valence-electron chi connectivity index (χ0n) is 12.4. The van der Waals surface area contributed by atoms with E-state index in [0.717, 1.165) is 12.5 Å². The third kappa shape index (κ3) is 5.57. The third-order valence-corrected chi connectivity index (χ3v) is 4.17. The Morgan fingerprint density at radius 1 is 1.35 bits per heavy atom. The molecule has 1 aromatic heterocycles. The molecule has 1 saturated heterocycles. The first-order valence-electron chi connectivity index (χ1n) is 7.10. The quantitative estimate of drug-likeness (QED) is 0.902. The minimum absolute atomic E-state index is 0. The zero-order chi connectivity index (χ0) is 12.8. The molecule has 0 saturated carbocycles. The average molecular weight is 320 g/mol. The number of piperidine rings is 1. The van der Waals surface area contributed by atoms with Gasteiger partial charge in [-0.2, -0.15) is 0 Å². The van der Waals surface area contributed by atoms with Gasteiger partial charge < -0.3 is 5.32 Å². The molecule has 1 aliphatic rings. The number of hydrogen-bond acceptors (Lipinski definition) is 3. The van der Waals surface area contributed by atoms with Gasteiger partial charge in [-0.1, -0.05) is 6.07 Å². The smallest absolute Gasteiger partial charge is 0.0335 e. The van der Waals surface area contributed by atoms with Gasteiger partial charge in [-0.15, -0.1) is 24.8 Å². The molecule has 1 fully saturated rings. The fourth-order valence-corrected chi connectivity index (χ4v) is 2.81. The van der Waals surface area contributed by atoms with E-state index in [1.807, 2.05) is 25.5 Å². The number of pyridine rings is 1. The maximum absolute atomic E-state index is 4.22. The van der Waals surface area contributed by atoms with E-state index in [9.17, 15) is 0 Å². The highest BCUT2D eigenvalue weighted by atomic mass is 35.5. The molecule has 2 rings (SSSR count). The van der Waals surface area contributed by atoms with Crippen molar-refractivity contribution >= 4 is 24.8 Å². The van der Waals surface area contributed by atoms with Crippen LogP contribution in [0, 0.1) is 5.92 Å². The highest BCUT2D eigenvalue weighted by Gasteiger charge is 2.23. The molecule has 0 spiro atoms. The molecular formula is C15H27Cl2N3. The third-order valence-electron chi connectivity index (χ3n) is 4.17. The van der Waals surface area contributed by atoms with E-state index in [0.29, 0.717) is 6.04 Å². The van der Waals surface area contributed by atoms with Crippen LogP contribution in [0.25, 0.3) is 0 Å². The Balaban J connectivity index is 0.00000180. The second-order valence-corrected chi connectivity index (χ2v) is 5.33. The van der Waals surface area contributed by atoms with Gasteiger partial charge in [-0.3, -0.25) is 9.88 Å². The van der Waals surface area contributed by atoms with Crippen LogP contribution in [0.1, 0.15) is 37.8 Å². The second-order valence-electron chi connectivity index (χ2n) is 5.33. The molecular weight excluding hydrogens is 293 g/mol. The van der Waals surface area contributed by atoms with Gasteiger partial charge in [0, 0.05) is 18.4 Å². The van der Waals surface area contributed by atoms with Crippen LogP contribution in [0.3, 0.4) is 0 Å². The number of rotatable bonds is 5. The predicted octanol–water partition coefficient (Wildman–Crippen LogP) is 3.31. The fourth-order valence-electron chi connectivity index (χ4n) is 2.81. The van der Waals surface area contributed by atoms with Crippen LogP contribution >= 0.6 is 24.8 Å². The largest absolute Gasteiger partial charge is 0.320 e. The Morgan fingerprint density at radius 3 is 2.60 bits per heavy atom. The predicted molar refractivity (Wildman–Crippen MR) is 90.0 cm³/mol. The standard InChI is InChI=1S/C15H25N3.2ClH/c1-13(15-4-3-8-17-12-15)18-10-6-14(7-11-18)5-9-16-2;;/h3-4,8,12-14,16H,5-7,9-11H2,1-2H3;2*1H. The molecule has 20 heavy (non-hydrogen) atoms. The molecule has 116 valence electrons. The summed E-state index contributed by atoms with van der Waals surface area (Å²) in [5.41, 5.74) is 1.34. The van der Waals surface area contributed by atoms with Crippen molar-refractivity contribution in [1.29, 1.82) is 0 Å². The van der Waals surface area contributed by atoms with Crippen molar-refractivity contribution in [3.05, 3.63) is 30.1 Å². The van der Waals surface area contributed by atoms with E-state index < -0.39 is 0 Å². The summed E-state index contributed by atoms with van der Waals surface area (Å²) in [6.07, 6.45) is 7.85. The van der Waals surface area contributed by atoms with E-state index in [1.54, 1.807) is 0 Å². The maximum atomic E-state index is 4.22. The van der Waals surface area contributed by atoms with E-state index >= 15 is 0 Å². The molecule has 1 aromatic rings. The van der Waals surface area contributed by atoms with E-state index in [2.05, 4.69) is 28.2 Å². The van der Waals surface area contributed by atoms with E-state index in [4.69, 9.17) is 0 Å². The summed E-state index contributed by atoms with van der Waals surface area (Å²) in [6.45, 7) is 5.91. The normalized spacial score (nSPS) is 17.9. The Bertz CT molecular complexity index is 340. The van der Waals surface area contributed by atoms with Crippen LogP contribution in [-0.4, -0.2) is 36.6 Å². The molecule has 0 aliphatic carbocycles. The summed E-state index contributed by atoms with van der Waals surface area (Å²) >= 11 is 0. The first-order valence-corrected chi connectivity index (χ1v) is 7.10. The summed E-state index contributed by atoms with van der Waals surface area (Å²) in [5, 5.41) is 3.25. The monoisotopic (exact) mass is 319 g/mol. The van der Waals surface area contributed by atoms with Gasteiger partial charge in [0.1, 0.15) is 0 Å². The Hall–Kier alpha value is -0.350. The summed E-state index contributed by atoms with van der Waals surface area (Å²) < 4.78 is 0. The summed E-state index contributed by atoms with van der Waals surface area (Å²) in [7, 11) is 2.04. The maximum Gasteiger partial charge on any atom is 0.0335 e. The van der Waals surface area contributed by atoms with Crippen molar-refractivity contribution in [1.82, 2.24) is 15.2 Å². The highest BCUT2D eigenvalue weighted by Crippen LogP contribution is 2.27. The molecule has 1 unspecified atom stereocenters. The highest BCUT2D eigenvalue weighted by molar-refractivity contribution is 5.85. The lowest BCUT2D eigenvalue weighted by Gasteiger charge is -2.36. The van der Waals surface area contributed by atoms with Crippen LogP contribution in [0.5, 0.6) is 0 Å². The van der Waals surface area contributed by atoms with Gasteiger partial charge in [-0.05, 0) is 70.4 Å². The molecule has 0 radical (unpaired) electrons. The number of nitrogens with zero attached hydrogens (tertiary/aromatic N) is 2. The second kappa shape index (κ2) is 10.4. The first kappa shape index (κ1) is 19.7. The van der Waals surface area contributed by atoms with Crippen LogP contribution in [0.2, 0.25) is 0 Å². The molecule has 1 N–H and O–H groups in total. The van der Waals surface area contributed by atoms with Gasteiger partial charge >= 0.3 is 0 Å². The van der Waals surface area contributed by atoms with Crippen molar-refractivity contribution in [3.63, 3.8) is 0 Å². The Morgan fingerprint density at radius 2 is 2.05 bits per heavy atom. The molecule has 1 atom stereocenters. The van der Waals surface area contributed by atoms with Gasteiger partial charge in [0.2, 0.25) is 0 Å². The Labute approximate surface area is 135 Å². The first-order chi connectivity index (χ1) is 8.81. The van der Waals surface area contributed by atoms with Crippen molar-refractivity contribution in [3.8, 4) is 0 Å². The van der Waals surface area contributed by atoms with Crippen molar-refractivity contribution in [2.24, 2.45) is 5.92 Å². The summed E-state index contributed by atoms with van der Waals surface area (Å²) in [4.78, 5) is 6.81. The fraction of sp³-hybridized carbons (Fsp3) is 0.667. The minimum atomic E-state index is 0. The van der Waals surface area contributed by atoms with Crippen LogP contribution in [0.15, 0.2) is 24.5 Å².